The van der Waals surface area contributed by atoms with Crippen LogP contribution >= 0.6 is 11.8 Å². The molecule has 6 nitrogen and oxygen atoms in total. The first kappa shape index (κ1) is 11.8. The van der Waals surface area contributed by atoms with Crippen molar-refractivity contribution in [1.82, 2.24) is 14.6 Å². The summed E-state index contributed by atoms with van der Waals surface area (Å²) in [5, 5.41) is 15.7. The highest BCUT2D eigenvalue weighted by Crippen LogP contribution is 2.30. The van der Waals surface area contributed by atoms with Crippen LogP contribution in [0.4, 0.5) is 5.82 Å². The number of rotatable bonds is 2. The summed E-state index contributed by atoms with van der Waals surface area (Å²) in [7, 11) is 0. The van der Waals surface area contributed by atoms with Gasteiger partial charge in [0.05, 0.1) is 0 Å². The van der Waals surface area contributed by atoms with Gasteiger partial charge in [-0.1, -0.05) is 42.1 Å². The Morgan fingerprint density at radius 2 is 2.12 bits per heavy atom. The molecule has 0 radical (unpaired) electrons. The normalized spacial score (nSPS) is 11.9. The lowest BCUT2D eigenvalue weighted by molar-refractivity contribution is -0.391. The summed E-state index contributed by atoms with van der Waals surface area (Å²) in [6, 6.07) is 3.55. The average Bonchev–Trinajstić information content (AvgIpc) is 2.57. The third-order valence-electron chi connectivity index (χ3n) is 1.92. The molecule has 0 aromatic carbocycles. The Balaban J connectivity index is 2.48. The van der Waals surface area contributed by atoms with E-state index in [0.717, 1.165) is 5.03 Å². The maximum atomic E-state index is 10.8. The van der Waals surface area contributed by atoms with Gasteiger partial charge >= 0.3 is 5.82 Å². The third-order valence-corrected chi connectivity index (χ3v) is 2.96. The van der Waals surface area contributed by atoms with Gasteiger partial charge in [-0.05, 0) is 11.0 Å². The molecular weight excluding hydrogens is 240 g/mol. The molecule has 0 aliphatic carbocycles. The molecule has 0 amide bonds. The van der Waals surface area contributed by atoms with Crippen LogP contribution in [-0.4, -0.2) is 24.3 Å². The fourth-order valence-electron chi connectivity index (χ4n) is 1.34. The Morgan fingerprint density at radius 1 is 1.41 bits per heavy atom. The second-order valence-electron chi connectivity index (χ2n) is 4.53. The van der Waals surface area contributed by atoms with Crippen LogP contribution < -0.4 is 0 Å². The lowest BCUT2D eigenvalue weighted by Crippen LogP contribution is -2.08. The molecule has 0 saturated carbocycles. The topological polar surface area (TPSA) is 73.3 Å². The molecule has 0 fully saturated rings. The van der Waals surface area contributed by atoms with Crippen molar-refractivity contribution >= 4 is 23.2 Å². The summed E-state index contributed by atoms with van der Waals surface area (Å²) < 4.78 is 1.27. The van der Waals surface area contributed by atoms with Crippen molar-refractivity contribution in [3.8, 4) is 0 Å². The molecule has 0 spiro atoms. The van der Waals surface area contributed by atoms with E-state index in [1.807, 2.05) is 6.07 Å². The standard InChI is InChI=1S/C10H12N4O2S/c1-10(2,3)17-8-5-4-7-11-6-9(14(15)16)13(7)12-8/h4-6H,1-3H3. The van der Waals surface area contributed by atoms with E-state index < -0.39 is 4.92 Å². The van der Waals surface area contributed by atoms with Crippen molar-refractivity contribution in [2.75, 3.05) is 0 Å². The minimum Gasteiger partial charge on any atom is -0.358 e. The predicted octanol–water partition coefficient (Wildman–Crippen LogP) is 2.53. The van der Waals surface area contributed by atoms with Gasteiger partial charge < -0.3 is 10.1 Å². The van der Waals surface area contributed by atoms with Gasteiger partial charge in [-0.15, -0.1) is 0 Å². The molecule has 7 heteroatoms. The first-order valence-electron chi connectivity index (χ1n) is 5.05. The third kappa shape index (κ3) is 2.55. The van der Waals surface area contributed by atoms with E-state index in [1.54, 1.807) is 17.8 Å². The van der Waals surface area contributed by atoms with Gasteiger partial charge in [-0.3, -0.25) is 0 Å². The van der Waals surface area contributed by atoms with E-state index in [2.05, 4.69) is 30.9 Å². The second-order valence-corrected chi connectivity index (χ2v) is 6.38. The first-order valence-corrected chi connectivity index (χ1v) is 5.87. The van der Waals surface area contributed by atoms with Crippen molar-refractivity contribution in [2.24, 2.45) is 0 Å². The van der Waals surface area contributed by atoms with Crippen molar-refractivity contribution < 1.29 is 4.92 Å². The first-order chi connectivity index (χ1) is 7.87. The zero-order valence-corrected chi connectivity index (χ0v) is 10.6. The van der Waals surface area contributed by atoms with Crippen LogP contribution in [0.25, 0.3) is 5.65 Å². The zero-order chi connectivity index (χ0) is 12.6. The Morgan fingerprint density at radius 3 is 2.71 bits per heavy atom. The molecule has 17 heavy (non-hydrogen) atoms. The summed E-state index contributed by atoms with van der Waals surface area (Å²) in [6.07, 6.45) is 1.22. The Labute approximate surface area is 102 Å². The maximum absolute atomic E-state index is 10.8. The quantitative estimate of drug-likeness (QED) is 0.466. The van der Waals surface area contributed by atoms with E-state index in [-0.39, 0.29) is 10.6 Å². The number of imidazole rings is 1. The van der Waals surface area contributed by atoms with E-state index in [0.29, 0.717) is 5.65 Å². The molecule has 0 unspecified atom stereocenters. The van der Waals surface area contributed by atoms with Gasteiger partial charge in [-0.2, -0.15) is 0 Å². The fraction of sp³-hybridized carbons (Fsp3) is 0.400. The SMILES string of the molecule is CC(C)(C)Sc1ccc2ncc([N+](=O)[O-])n2n1. The van der Waals surface area contributed by atoms with Gasteiger partial charge in [0.2, 0.25) is 5.65 Å². The summed E-state index contributed by atoms with van der Waals surface area (Å²) in [6.45, 7) is 6.18. The molecule has 0 N–H and O–H groups in total. The van der Waals surface area contributed by atoms with E-state index >= 15 is 0 Å². The fourth-order valence-corrected chi connectivity index (χ4v) is 2.22. The van der Waals surface area contributed by atoms with Crippen LogP contribution in [0.3, 0.4) is 0 Å². The molecule has 0 atom stereocenters. The van der Waals surface area contributed by atoms with Gasteiger partial charge in [0.15, 0.2) is 0 Å². The summed E-state index contributed by atoms with van der Waals surface area (Å²) in [5.41, 5.74) is 0.481. The Hall–Kier alpha value is -1.63. The molecule has 2 aromatic rings. The molecule has 2 heterocycles. The largest absolute Gasteiger partial charge is 0.368 e. The minimum absolute atomic E-state index is 0.00996. The van der Waals surface area contributed by atoms with Crippen LogP contribution in [0.15, 0.2) is 23.4 Å². The highest BCUT2D eigenvalue weighted by Gasteiger charge is 2.19. The van der Waals surface area contributed by atoms with Crippen molar-refractivity contribution in [3.63, 3.8) is 0 Å². The lowest BCUT2D eigenvalue weighted by atomic mass is 10.3. The van der Waals surface area contributed by atoms with Crippen molar-refractivity contribution in [3.05, 3.63) is 28.4 Å². The highest BCUT2D eigenvalue weighted by atomic mass is 32.2. The molecule has 2 rings (SSSR count). The molecule has 0 aliphatic heterocycles. The average molecular weight is 252 g/mol. The van der Waals surface area contributed by atoms with Gasteiger partial charge in [-0.25, -0.2) is 4.98 Å². The smallest absolute Gasteiger partial charge is 0.358 e. The maximum Gasteiger partial charge on any atom is 0.368 e. The zero-order valence-electron chi connectivity index (χ0n) is 9.75. The molecule has 2 aromatic heterocycles. The monoisotopic (exact) mass is 252 g/mol. The predicted molar refractivity (Wildman–Crippen MR) is 65.3 cm³/mol. The Kier molecular flexibility index (Phi) is 2.78. The van der Waals surface area contributed by atoms with E-state index in [9.17, 15) is 10.1 Å². The molecule has 0 aliphatic rings. The number of aromatic nitrogens is 3. The highest BCUT2D eigenvalue weighted by molar-refractivity contribution is 8.00. The minimum atomic E-state index is -0.488. The lowest BCUT2D eigenvalue weighted by Gasteiger charge is -2.15. The molecule has 0 saturated heterocycles. The number of hydrogen-bond acceptors (Lipinski definition) is 5. The van der Waals surface area contributed by atoms with Gasteiger partial charge in [0, 0.05) is 10.8 Å². The van der Waals surface area contributed by atoms with Crippen molar-refractivity contribution in [2.45, 2.75) is 30.5 Å². The van der Waals surface area contributed by atoms with E-state index in [1.165, 1.54) is 10.7 Å². The summed E-state index contributed by atoms with van der Waals surface area (Å²) in [4.78, 5) is 14.2. The number of fused-ring (bicyclic) bond motifs is 1. The van der Waals surface area contributed by atoms with Crippen LogP contribution in [0.2, 0.25) is 0 Å². The van der Waals surface area contributed by atoms with Crippen LogP contribution in [0, 0.1) is 10.1 Å². The summed E-state index contributed by atoms with van der Waals surface area (Å²) >= 11 is 1.56. The van der Waals surface area contributed by atoms with Crippen molar-refractivity contribution in [1.29, 1.82) is 0 Å². The van der Waals surface area contributed by atoms with E-state index in [4.69, 9.17) is 0 Å². The van der Waals surface area contributed by atoms with Gasteiger partial charge in [0.1, 0.15) is 11.2 Å². The molecule has 0 bridgehead atoms. The molecule has 90 valence electrons. The second kappa shape index (κ2) is 3.99. The van der Waals surface area contributed by atoms with Crippen LogP contribution in [0.5, 0.6) is 0 Å². The molecular formula is C10H12N4O2S. The number of thioether (sulfide) groups is 1. The van der Waals surface area contributed by atoms with Gasteiger partial charge in [0.25, 0.3) is 0 Å². The number of nitro groups is 1. The van der Waals surface area contributed by atoms with Crippen LogP contribution in [-0.2, 0) is 0 Å². The summed E-state index contributed by atoms with van der Waals surface area (Å²) in [5.74, 6) is -0.114. The number of hydrogen-bond donors (Lipinski definition) is 0. The van der Waals surface area contributed by atoms with Crippen LogP contribution in [0.1, 0.15) is 20.8 Å². The Bertz CT molecular complexity index is 573. The number of nitrogens with zero attached hydrogens (tertiary/aromatic N) is 4.